The molecule has 0 N–H and O–H groups in total. The predicted octanol–water partition coefficient (Wildman–Crippen LogP) is 0.835. The fraction of sp³-hybridized carbons (Fsp3) is 0.667. The molecule has 0 spiro atoms. The van der Waals surface area contributed by atoms with Crippen LogP contribution in [0, 0.1) is 0 Å². The Labute approximate surface area is 96.2 Å². The summed E-state index contributed by atoms with van der Waals surface area (Å²) < 4.78 is 7.72. The van der Waals surface area contributed by atoms with Gasteiger partial charge in [0, 0.05) is 13.3 Å². The van der Waals surface area contributed by atoms with E-state index in [1.165, 1.54) is 21.0 Å². The highest BCUT2D eigenvalue weighted by Crippen LogP contribution is 2.25. The highest BCUT2D eigenvalue weighted by atomic mass is 79.9. The number of esters is 2. The van der Waals surface area contributed by atoms with Crippen LogP contribution in [0.15, 0.2) is 0 Å². The van der Waals surface area contributed by atoms with Crippen molar-refractivity contribution in [3.8, 4) is 0 Å². The topological polar surface area (TPSA) is 69.7 Å². The van der Waals surface area contributed by atoms with Crippen molar-refractivity contribution in [3.05, 3.63) is 0 Å². The standard InChI is InChI=1S/C9H13BrO5/c1-6(11)9(10,8(13)14-3)4-5-15-7(2)12/h4-5H2,1-3H3. The smallest absolute Gasteiger partial charge is 0.330 e. The van der Waals surface area contributed by atoms with Gasteiger partial charge in [0.25, 0.3) is 0 Å². The van der Waals surface area contributed by atoms with Gasteiger partial charge in [-0.25, -0.2) is 0 Å². The Morgan fingerprint density at radius 1 is 1.27 bits per heavy atom. The van der Waals surface area contributed by atoms with Crippen LogP contribution in [0.25, 0.3) is 0 Å². The van der Waals surface area contributed by atoms with Crippen LogP contribution in [0.3, 0.4) is 0 Å². The summed E-state index contributed by atoms with van der Waals surface area (Å²) in [5.74, 6) is -1.54. The number of rotatable bonds is 5. The molecule has 0 rings (SSSR count). The number of ketones is 1. The molecule has 0 aromatic heterocycles. The second-order valence-corrected chi connectivity index (χ2v) is 4.29. The molecule has 86 valence electrons. The van der Waals surface area contributed by atoms with Gasteiger partial charge in [-0.05, 0) is 6.92 Å². The molecule has 6 heteroatoms. The van der Waals surface area contributed by atoms with E-state index in [2.05, 4.69) is 25.4 Å². The molecule has 0 aliphatic carbocycles. The van der Waals surface area contributed by atoms with Gasteiger partial charge in [-0.3, -0.25) is 14.4 Å². The largest absolute Gasteiger partial charge is 0.468 e. The Balaban J connectivity index is 4.46. The summed E-state index contributed by atoms with van der Waals surface area (Å²) >= 11 is 3.01. The predicted molar refractivity (Wildman–Crippen MR) is 55.6 cm³/mol. The van der Waals surface area contributed by atoms with Gasteiger partial charge >= 0.3 is 11.9 Å². The SMILES string of the molecule is COC(=O)C(Br)(CCOC(C)=O)C(C)=O. The lowest BCUT2D eigenvalue weighted by atomic mass is 10.0. The van der Waals surface area contributed by atoms with Crippen LogP contribution in [-0.4, -0.2) is 35.8 Å². The zero-order valence-electron chi connectivity index (χ0n) is 8.83. The first-order valence-corrected chi connectivity index (χ1v) is 5.05. The molecular formula is C9H13BrO5. The molecular weight excluding hydrogens is 268 g/mol. The van der Waals surface area contributed by atoms with Gasteiger partial charge in [-0.2, -0.15) is 0 Å². The van der Waals surface area contributed by atoms with E-state index in [0.29, 0.717) is 0 Å². The molecule has 0 heterocycles. The molecule has 1 unspecified atom stereocenters. The van der Waals surface area contributed by atoms with Crippen LogP contribution in [0.5, 0.6) is 0 Å². The fourth-order valence-corrected chi connectivity index (χ4v) is 1.24. The van der Waals surface area contributed by atoms with Crippen LogP contribution in [0.4, 0.5) is 0 Å². The average molecular weight is 281 g/mol. The summed E-state index contributed by atoms with van der Waals surface area (Å²) in [5, 5.41) is 0. The number of ether oxygens (including phenoxy) is 2. The van der Waals surface area contributed by atoms with Crippen LogP contribution in [0.1, 0.15) is 20.3 Å². The number of hydrogen-bond acceptors (Lipinski definition) is 5. The average Bonchev–Trinajstić information content (AvgIpc) is 2.15. The number of halogens is 1. The summed E-state index contributed by atoms with van der Waals surface area (Å²) in [7, 11) is 1.19. The first-order valence-electron chi connectivity index (χ1n) is 4.26. The van der Waals surface area contributed by atoms with E-state index < -0.39 is 16.3 Å². The van der Waals surface area contributed by atoms with Crippen molar-refractivity contribution in [2.75, 3.05) is 13.7 Å². The third-order valence-corrected chi connectivity index (χ3v) is 3.10. The number of hydrogen-bond donors (Lipinski definition) is 0. The molecule has 1 atom stereocenters. The zero-order chi connectivity index (χ0) is 12.1. The first kappa shape index (κ1) is 14.1. The lowest BCUT2D eigenvalue weighted by molar-refractivity contribution is -0.149. The quantitative estimate of drug-likeness (QED) is 0.424. The number of carbonyl (C=O) groups excluding carboxylic acids is 3. The minimum Gasteiger partial charge on any atom is -0.468 e. The molecule has 0 amide bonds. The summed E-state index contributed by atoms with van der Waals surface area (Å²) in [6.07, 6.45) is 0.0502. The minimum absolute atomic E-state index is 0.0186. The summed E-state index contributed by atoms with van der Waals surface area (Å²) in [6, 6.07) is 0. The molecule has 0 aromatic carbocycles. The molecule has 0 saturated heterocycles. The molecule has 0 radical (unpaired) electrons. The Bertz CT molecular complexity index is 276. The van der Waals surface area contributed by atoms with Gasteiger partial charge in [0.05, 0.1) is 13.7 Å². The molecule has 0 bridgehead atoms. The van der Waals surface area contributed by atoms with E-state index in [-0.39, 0.29) is 18.8 Å². The van der Waals surface area contributed by atoms with Crippen LogP contribution in [0.2, 0.25) is 0 Å². The maximum absolute atomic E-state index is 11.3. The third kappa shape index (κ3) is 3.99. The molecule has 0 aliphatic heterocycles. The van der Waals surface area contributed by atoms with E-state index in [9.17, 15) is 14.4 Å². The zero-order valence-corrected chi connectivity index (χ0v) is 10.4. The van der Waals surface area contributed by atoms with Crippen molar-refractivity contribution in [2.45, 2.75) is 24.6 Å². The fourth-order valence-electron chi connectivity index (χ4n) is 0.919. The van der Waals surface area contributed by atoms with Crippen LogP contribution in [-0.2, 0) is 23.9 Å². The highest BCUT2D eigenvalue weighted by molar-refractivity contribution is 9.10. The lowest BCUT2D eigenvalue weighted by Crippen LogP contribution is -2.41. The first-order chi connectivity index (χ1) is 6.84. The second kappa shape index (κ2) is 5.85. The summed E-state index contributed by atoms with van der Waals surface area (Å²) in [6.45, 7) is 2.50. The van der Waals surface area contributed by atoms with Crippen molar-refractivity contribution in [1.29, 1.82) is 0 Å². The van der Waals surface area contributed by atoms with Gasteiger partial charge in [0.1, 0.15) is 0 Å². The van der Waals surface area contributed by atoms with Crippen LogP contribution < -0.4 is 0 Å². The Kier molecular flexibility index (Phi) is 5.49. The van der Waals surface area contributed by atoms with Crippen molar-refractivity contribution in [2.24, 2.45) is 0 Å². The summed E-state index contributed by atoms with van der Waals surface area (Å²) in [4.78, 5) is 33.1. The van der Waals surface area contributed by atoms with Crippen LogP contribution >= 0.6 is 15.9 Å². The number of Topliss-reactive ketones (excluding diaryl/α,β-unsaturated/α-hetero) is 1. The van der Waals surface area contributed by atoms with Crippen molar-refractivity contribution >= 4 is 33.7 Å². The van der Waals surface area contributed by atoms with Gasteiger partial charge in [0.15, 0.2) is 10.1 Å². The number of alkyl halides is 1. The second-order valence-electron chi connectivity index (χ2n) is 2.94. The lowest BCUT2D eigenvalue weighted by Gasteiger charge is -2.20. The maximum Gasteiger partial charge on any atom is 0.330 e. The third-order valence-electron chi connectivity index (χ3n) is 1.82. The van der Waals surface area contributed by atoms with Crippen molar-refractivity contribution in [1.82, 2.24) is 0 Å². The van der Waals surface area contributed by atoms with Crippen molar-refractivity contribution in [3.63, 3.8) is 0 Å². The normalized spacial score (nSPS) is 13.9. The van der Waals surface area contributed by atoms with Gasteiger partial charge in [-0.15, -0.1) is 0 Å². The molecule has 15 heavy (non-hydrogen) atoms. The van der Waals surface area contributed by atoms with E-state index in [1.807, 2.05) is 0 Å². The van der Waals surface area contributed by atoms with Gasteiger partial charge in [-0.1, -0.05) is 15.9 Å². The van der Waals surface area contributed by atoms with E-state index in [4.69, 9.17) is 0 Å². The number of methoxy groups -OCH3 is 1. The maximum atomic E-state index is 11.3. The van der Waals surface area contributed by atoms with E-state index >= 15 is 0 Å². The van der Waals surface area contributed by atoms with Crippen molar-refractivity contribution < 1.29 is 23.9 Å². The molecule has 0 aromatic rings. The Morgan fingerprint density at radius 2 is 1.80 bits per heavy atom. The van der Waals surface area contributed by atoms with Gasteiger partial charge in [0.2, 0.25) is 0 Å². The van der Waals surface area contributed by atoms with E-state index in [1.54, 1.807) is 0 Å². The Hall–Kier alpha value is -0.910. The Morgan fingerprint density at radius 3 is 2.13 bits per heavy atom. The minimum atomic E-state index is -1.42. The molecule has 5 nitrogen and oxygen atoms in total. The molecule has 0 fully saturated rings. The monoisotopic (exact) mass is 280 g/mol. The summed E-state index contributed by atoms with van der Waals surface area (Å²) in [5.41, 5.74) is 0. The molecule has 0 saturated carbocycles. The number of carbonyl (C=O) groups is 3. The van der Waals surface area contributed by atoms with Gasteiger partial charge < -0.3 is 9.47 Å². The molecule has 0 aliphatic rings. The highest BCUT2D eigenvalue weighted by Gasteiger charge is 2.41. The van der Waals surface area contributed by atoms with E-state index in [0.717, 1.165) is 0 Å².